The third kappa shape index (κ3) is 2.19. The zero-order valence-corrected chi connectivity index (χ0v) is 10.7. The summed E-state index contributed by atoms with van der Waals surface area (Å²) in [6, 6.07) is 0. The molecule has 0 saturated carbocycles. The molecule has 2 aliphatic rings. The van der Waals surface area contributed by atoms with Gasteiger partial charge in [0.25, 0.3) is 0 Å². The molecule has 2 heterocycles. The fourth-order valence-electron chi connectivity index (χ4n) is 3.13. The third-order valence-electron chi connectivity index (χ3n) is 3.83. The average Bonchev–Trinajstić information content (AvgIpc) is 1.97. The average molecular weight is 208 g/mol. The predicted octanol–water partition coefficient (Wildman–Crippen LogP) is 2.98. The summed E-state index contributed by atoms with van der Waals surface area (Å²) in [7, 11) is 0. The zero-order valence-electron chi connectivity index (χ0n) is 10.7. The second-order valence-corrected chi connectivity index (χ2v) is 6.64. The lowest BCUT2D eigenvalue weighted by atomic mass is 9.73. The van der Waals surface area contributed by atoms with Gasteiger partial charge in [0, 0.05) is 11.5 Å². The van der Waals surface area contributed by atoms with Crippen LogP contribution in [0.3, 0.4) is 0 Å². The van der Waals surface area contributed by atoms with E-state index in [9.17, 15) is 0 Å². The number of hydrogen-bond donors (Lipinski definition) is 1. The third-order valence-corrected chi connectivity index (χ3v) is 3.83. The molecule has 0 aromatic rings. The Morgan fingerprint density at radius 1 is 1.27 bits per heavy atom. The fourth-order valence-corrected chi connectivity index (χ4v) is 3.13. The molecule has 2 unspecified atom stereocenters. The van der Waals surface area contributed by atoms with Crippen molar-refractivity contribution < 1.29 is 0 Å². The number of nitrogens with one attached hydrogen (secondary N) is 1. The van der Waals surface area contributed by atoms with Gasteiger partial charge in [0.2, 0.25) is 0 Å². The molecule has 2 aliphatic heterocycles. The number of piperidine rings is 1. The number of amidine groups is 1. The van der Waals surface area contributed by atoms with Crippen LogP contribution >= 0.6 is 0 Å². The van der Waals surface area contributed by atoms with Gasteiger partial charge in [-0.3, -0.25) is 4.99 Å². The van der Waals surface area contributed by atoms with Gasteiger partial charge in [-0.25, -0.2) is 0 Å². The zero-order chi connectivity index (χ0) is 11.3. The van der Waals surface area contributed by atoms with Gasteiger partial charge in [-0.1, -0.05) is 6.92 Å². The van der Waals surface area contributed by atoms with Crippen LogP contribution in [0.5, 0.6) is 0 Å². The first-order chi connectivity index (χ1) is 6.79. The fraction of sp³-hybridized carbons (Fsp3) is 0.923. The predicted molar refractivity (Wildman–Crippen MR) is 65.2 cm³/mol. The summed E-state index contributed by atoms with van der Waals surface area (Å²) in [5, 5.41) is 3.63. The lowest BCUT2D eigenvalue weighted by molar-refractivity contribution is 0.227. The van der Waals surface area contributed by atoms with E-state index < -0.39 is 0 Å². The van der Waals surface area contributed by atoms with Gasteiger partial charge in [0.05, 0.1) is 5.54 Å². The van der Waals surface area contributed by atoms with E-state index >= 15 is 0 Å². The molecule has 1 saturated heterocycles. The summed E-state index contributed by atoms with van der Waals surface area (Å²) in [6.45, 7) is 11.4. The van der Waals surface area contributed by atoms with Gasteiger partial charge < -0.3 is 5.32 Å². The van der Waals surface area contributed by atoms with Crippen molar-refractivity contribution in [2.75, 3.05) is 0 Å². The summed E-state index contributed by atoms with van der Waals surface area (Å²) in [6.07, 6.45) is 3.79. The highest BCUT2D eigenvalue weighted by atomic mass is 15.1. The minimum absolute atomic E-state index is 0.145. The Morgan fingerprint density at radius 3 is 2.60 bits per heavy atom. The highest BCUT2D eigenvalue weighted by Gasteiger charge is 2.40. The van der Waals surface area contributed by atoms with E-state index in [1.54, 1.807) is 0 Å². The van der Waals surface area contributed by atoms with E-state index in [1.165, 1.54) is 25.1 Å². The molecule has 0 spiro atoms. The largest absolute Gasteiger partial charge is 0.369 e. The van der Waals surface area contributed by atoms with Crippen LogP contribution in [0, 0.1) is 11.8 Å². The van der Waals surface area contributed by atoms with E-state index in [-0.39, 0.29) is 11.1 Å². The maximum absolute atomic E-state index is 4.89. The van der Waals surface area contributed by atoms with Gasteiger partial charge in [-0.2, -0.15) is 0 Å². The van der Waals surface area contributed by atoms with Gasteiger partial charge >= 0.3 is 0 Å². The number of nitrogens with zero attached hydrogens (tertiary/aromatic N) is 1. The smallest absolute Gasteiger partial charge is 0.101 e. The molecule has 2 nitrogen and oxygen atoms in total. The summed E-state index contributed by atoms with van der Waals surface area (Å²) in [5.74, 6) is 2.73. The second kappa shape index (κ2) is 3.23. The van der Waals surface area contributed by atoms with Gasteiger partial charge in [-0.05, 0) is 52.9 Å². The standard InChI is InChI=1S/C13H24N2/c1-9-8-13(4,5)15-11-10(9)6-7-12(2,3)14-11/h9-10H,6-8H2,1-5H3,(H,14,15). The Morgan fingerprint density at radius 2 is 1.93 bits per heavy atom. The molecular weight excluding hydrogens is 184 g/mol. The molecule has 1 N–H and O–H groups in total. The van der Waals surface area contributed by atoms with Crippen molar-refractivity contribution in [1.82, 2.24) is 5.32 Å². The molecule has 15 heavy (non-hydrogen) atoms. The lowest BCUT2D eigenvalue weighted by Crippen LogP contribution is -2.56. The van der Waals surface area contributed by atoms with E-state index in [0.717, 1.165) is 5.92 Å². The molecule has 0 aromatic heterocycles. The molecule has 0 aliphatic carbocycles. The number of hydrogen-bond acceptors (Lipinski definition) is 2. The van der Waals surface area contributed by atoms with Crippen molar-refractivity contribution in [3.8, 4) is 0 Å². The van der Waals surface area contributed by atoms with E-state index in [2.05, 4.69) is 39.9 Å². The van der Waals surface area contributed by atoms with Crippen LogP contribution in [-0.2, 0) is 0 Å². The highest BCUT2D eigenvalue weighted by molar-refractivity contribution is 5.87. The Bertz CT molecular complexity index is 289. The summed E-state index contributed by atoms with van der Waals surface area (Å²) < 4.78 is 0. The van der Waals surface area contributed by atoms with Crippen LogP contribution < -0.4 is 5.32 Å². The van der Waals surface area contributed by atoms with Gasteiger partial charge in [0.15, 0.2) is 0 Å². The molecule has 0 aromatic carbocycles. The number of fused-ring (bicyclic) bond motifs is 1. The topological polar surface area (TPSA) is 24.4 Å². The molecule has 2 heteroatoms. The van der Waals surface area contributed by atoms with Crippen molar-refractivity contribution in [2.45, 2.75) is 65.0 Å². The molecular formula is C13H24N2. The molecule has 0 radical (unpaired) electrons. The Labute approximate surface area is 93.6 Å². The van der Waals surface area contributed by atoms with Crippen molar-refractivity contribution in [3.05, 3.63) is 0 Å². The lowest BCUT2D eigenvalue weighted by Gasteiger charge is -2.46. The van der Waals surface area contributed by atoms with Gasteiger partial charge in [-0.15, -0.1) is 0 Å². The first kappa shape index (κ1) is 11.0. The second-order valence-electron chi connectivity index (χ2n) is 6.64. The van der Waals surface area contributed by atoms with Crippen LogP contribution in [-0.4, -0.2) is 16.9 Å². The molecule has 2 atom stereocenters. The number of rotatable bonds is 0. The number of aliphatic imine (C=N–C) groups is 1. The highest BCUT2D eigenvalue weighted by Crippen LogP contribution is 2.37. The summed E-state index contributed by atoms with van der Waals surface area (Å²) in [5.41, 5.74) is 0.369. The molecule has 1 fully saturated rings. The molecule has 86 valence electrons. The van der Waals surface area contributed by atoms with Crippen LogP contribution in [0.15, 0.2) is 4.99 Å². The molecule has 2 rings (SSSR count). The minimum atomic E-state index is 0.145. The van der Waals surface area contributed by atoms with E-state index in [1.807, 2.05) is 0 Å². The normalized spacial score (nSPS) is 37.5. The molecule has 0 amide bonds. The van der Waals surface area contributed by atoms with Crippen molar-refractivity contribution >= 4 is 5.84 Å². The maximum Gasteiger partial charge on any atom is 0.101 e. The minimum Gasteiger partial charge on any atom is -0.369 e. The van der Waals surface area contributed by atoms with Crippen molar-refractivity contribution in [3.63, 3.8) is 0 Å². The van der Waals surface area contributed by atoms with Crippen LogP contribution in [0.4, 0.5) is 0 Å². The first-order valence-corrected chi connectivity index (χ1v) is 6.17. The van der Waals surface area contributed by atoms with Crippen molar-refractivity contribution in [2.24, 2.45) is 16.8 Å². The molecule has 0 bridgehead atoms. The maximum atomic E-state index is 4.89. The van der Waals surface area contributed by atoms with Crippen LogP contribution in [0.25, 0.3) is 0 Å². The Kier molecular flexibility index (Phi) is 2.36. The first-order valence-electron chi connectivity index (χ1n) is 6.17. The monoisotopic (exact) mass is 208 g/mol. The Hall–Kier alpha value is -0.530. The van der Waals surface area contributed by atoms with Crippen molar-refractivity contribution in [1.29, 1.82) is 0 Å². The summed E-state index contributed by atoms with van der Waals surface area (Å²) >= 11 is 0. The Balaban J connectivity index is 2.27. The quantitative estimate of drug-likeness (QED) is 0.650. The van der Waals surface area contributed by atoms with Gasteiger partial charge in [0.1, 0.15) is 5.84 Å². The van der Waals surface area contributed by atoms with Crippen LogP contribution in [0.2, 0.25) is 0 Å². The summed E-state index contributed by atoms with van der Waals surface area (Å²) in [4.78, 5) is 4.89. The van der Waals surface area contributed by atoms with E-state index in [0.29, 0.717) is 5.92 Å². The van der Waals surface area contributed by atoms with E-state index in [4.69, 9.17) is 4.99 Å². The van der Waals surface area contributed by atoms with Crippen LogP contribution in [0.1, 0.15) is 53.9 Å². The SMILES string of the molecule is CC1CC(C)(C)NC2=NC(C)(C)CCC21.